The van der Waals surface area contributed by atoms with Crippen molar-refractivity contribution in [3.05, 3.63) is 110 Å². The molecule has 212 valence electrons. The summed E-state index contributed by atoms with van der Waals surface area (Å²) < 4.78 is 16.9. The number of ether oxygens (including phenoxy) is 3. The number of nitro groups is 2. The smallest absolute Gasteiger partial charge is 0.318 e. The Hall–Kier alpha value is -5.43. The van der Waals surface area contributed by atoms with Crippen LogP contribution in [0.3, 0.4) is 0 Å². The fourth-order valence-corrected chi connectivity index (χ4v) is 5.10. The third-order valence-electron chi connectivity index (χ3n) is 6.25. The molecular formula is C29H21N3O9S. The number of fused-ring (bicyclic) bond motifs is 1. The second-order valence-corrected chi connectivity index (χ2v) is 9.83. The van der Waals surface area contributed by atoms with Gasteiger partial charge in [-0.25, -0.2) is 0 Å². The molecule has 0 atom stereocenters. The molecule has 0 aromatic heterocycles. The first kappa shape index (κ1) is 28.1. The molecule has 12 nitrogen and oxygen atoms in total. The second-order valence-electron chi connectivity index (χ2n) is 8.84. The van der Waals surface area contributed by atoms with Crippen LogP contribution in [0.1, 0.15) is 5.56 Å². The Morgan fingerprint density at radius 1 is 0.857 bits per heavy atom. The highest BCUT2D eigenvalue weighted by Gasteiger charge is 2.35. The van der Waals surface area contributed by atoms with Gasteiger partial charge in [0.15, 0.2) is 11.5 Å². The van der Waals surface area contributed by atoms with Crippen LogP contribution in [0.2, 0.25) is 0 Å². The van der Waals surface area contributed by atoms with Crippen molar-refractivity contribution in [1.29, 1.82) is 0 Å². The zero-order chi connectivity index (χ0) is 29.8. The van der Waals surface area contributed by atoms with Gasteiger partial charge in [-0.1, -0.05) is 42.5 Å². The van der Waals surface area contributed by atoms with Gasteiger partial charge in [-0.05, 0) is 53.1 Å². The molecule has 0 unspecified atom stereocenters. The Morgan fingerprint density at radius 3 is 2.38 bits per heavy atom. The van der Waals surface area contributed by atoms with Crippen molar-refractivity contribution in [3.8, 4) is 23.0 Å². The van der Waals surface area contributed by atoms with Crippen molar-refractivity contribution in [2.24, 2.45) is 0 Å². The maximum atomic E-state index is 13.0. The molecule has 4 aromatic carbocycles. The number of carbonyl (C=O) groups is 2. The van der Waals surface area contributed by atoms with Crippen molar-refractivity contribution >= 4 is 51.1 Å². The van der Waals surface area contributed by atoms with E-state index < -0.39 is 32.4 Å². The number of carbonyl (C=O) groups excluding carboxylic acids is 2. The lowest BCUT2D eigenvalue weighted by atomic mass is 10.1. The van der Waals surface area contributed by atoms with Gasteiger partial charge in [0.05, 0.1) is 34.5 Å². The quantitative estimate of drug-likeness (QED) is 0.113. The number of methoxy groups -OCH3 is 1. The summed E-state index contributed by atoms with van der Waals surface area (Å²) in [6, 6.07) is 21.0. The number of nitro benzene ring substituents is 2. The third-order valence-corrected chi connectivity index (χ3v) is 7.16. The average molecular weight is 588 g/mol. The molecule has 4 aromatic rings. The first-order chi connectivity index (χ1) is 20.2. The summed E-state index contributed by atoms with van der Waals surface area (Å²) in [7, 11) is 1.36. The van der Waals surface area contributed by atoms with Crippen LogP contribution in [-0.4, -0.2) is 46.2 Å². The summed E-state index contributed by atoms with van der Waals surface area (Å²) in [4.78, 5) is 47.9. The molecule has 1 aliphatic rings. The molecule has 5 rings (SSSR count). The highest BCUT2D eigenvalue weighted by atomic mass is 32.2. The molecular weight excluding hydrogens is 566 g/mol. The minimum Gasteiger partial charge on any atom is -0.493 e. The lowest BCUT2D eigenvalue weighted by Crippen LogP contribution is -2.32. The van der Waals surface area contributed by atoms with Crippen LogP contribution in [0, 0.1) is 20.2 Å². The zero-order valence-electron chi connectivity index (χ0n) is 21.9. The summed E-state index contributed by atoms with van der Waals surface area (Å²) in [6.07, 6.45) is 1.52. The predicted octanol–water partition coefficient (Wildman–Crippen LogP) is 6.57. The van der Waals surface area contributed by atoms with Crippen LogP contribution in [-0.2, 0) is 4.79 Å². The number of hydrogen-bond donors (Lipinski definition) is 0. The lowest BCUT2D eigenvalue weighted by Gasteiger charge is -2.14. The number of hydrogen-bond acceptors (Lipinski definition) is 10. The maximum Gasteiger partial charge on any atom is 0.318 e. The van der Waals surface area contributed by atoms with Crippen LogP contribution in [0.15, 0.2) is 83.8 Å². The standard InChI is InChI=1S/C29H21N3O9S/c1-39-26-15-18(9-11-25(26)41-24-12-10-20(31(35)36)17-22(24)32(37)38)16-27-28(33)30(29(34)42-27)13-14-40-23-8-4-6-19-5-2-3-7-21(19)23/h2-12,15-17H,13-14H2,1H3/b27-16-. The van der Waals surface area contributed by atoms with Crippen molar-refractivity contribution in [1.82, 2.24) is 4.90 Å². The number of nitrogens with zero attached hydrogens (tertiary/aromatic N) is 3. The normalized spacial score (nSPS) is 13.9. The summed E-state index contributed by atoms with van der Waals surface area (Å²) >= 11 is 0.795. The van der Waals surface area contributed by atoms with Crippen LogP contribution < -0.4 is 14.2 Å². The van der Waals surface area contributed by atoms with Crippen LogP contribution in [0.5, 0.6) is 23.0 Å². The maximum absolute atomic E-state index is 13.0. The highest BCUT2D eigenvalue weighted by Crippen LogP contribution is 2.39. The van der Waals surface area contributed by atoms with Crippen LogP contribution in [0.25, 0.3) is 16.8 Å². The molecule has 0 N–H and O–H groups in total. The van der Waals surface area contributed by atoms with E-state index >= 15 is 0 Å². The molecule has 13 heteroatoms. The fourth-order valence-electron chi connectivity index (χ4n) is 4.24. The molecule has 1 fully saturated rings. The largest absolute Gasteiger partial charge is 0.493 e. The third kappa shape index (κ3) is 5.86. The molecule has 1 saturated heterocycles. The van der Waals surface area contributed by atoms with E-state index in [1.54, 1.807) is 6.07 Å². The Balaban J connectivity index is 1.29. The van der Waals surface area contributed by atoms with Gasteiger partial charge in [-0.2, -0.15) is 0 Å². The SMILES string of the molecule is COc1cc(/C=C2\SC(=O)N(CCOc3cccc4ccccc34)C2=O)ccc1Oc1ccc([N+](=O)[O-])cc1[N+](=O)[O-]. The van der Waals surface area contributed by atoms with Gasteiger partial charge < -0.3 is 14.2 Å². The minimum absolute atomic E-state index is 0.0648. The molecule has 2 amide bonds. The zero-order valence-corrected chi connectivity index (χ0v) is 22.7. The van der Waals surface area contributed by atoms with E-state index in [-0.39, 0.29) is 35.3 Å². The fraction of sp³-hybridized carbons (Fsp3) is 0.103. The highest BCUT2D eigenvalue weighted by molar-refractivity contribution is 8.18. The van der Waals surface area contributed by atoms with Gasteiger partial charge in [-0.15, -0.1) is 0 Å². The van der Waals surface area contributed by atoms with E-state index in [1.807, 2.05) is 42.5 Å². The average Bonchev–Trinajstić information content (AvgIpc) is 3.25. The number of thioether (sulfide) groups is 1. The second kappa shape index (κ2) is 12.0. The number of non-ortho nitro benzene ring substituents is 1. The summed E-state index contributed by atoms with van der Waals surface area (Å²) in [5.41, 5.74) is -0.534. The Bertz CT molecular complexity index is 1770. The molecule has 1 aliphatic heterocycles. The van der Waals surface area contributed by atoms with Gasteiger partial charge in [-0.3, -0.25) is 34.7 Å². The van der Waals surface area contributed by atoms with Gasteiger partial charge in [0.25, 0.3) is 16.8 Å². The van der Waals surface area contributed by atoms with Gasteiger partial charge in [0.1, 0.15) is 12.4 Å². The van der Waals surface area contributed by atoms with E-state index in [4.69, 9.17) is 14.2 Å². The monoisotopic (exact) mass is 587 g/mol. The predicted molar refractivity (Wildman–Crippen MR) is 155 cm³/mol. The van der Waals surface area contributed by atoms with Crippen molar-refractivity contribution in [2.45, 2.75) is 0 Å². The molecule has 0 aliphatic carbocycles. The molecule has 0 saturated carbocycles. The van der Waals surface area contributed by atoms with Crippen molar-refractivity contribution < 1.29 is 33.6 Å². The lowest BCUT2D eigenvalue weighted by molar-refractivity contribution is -0.394. The topological polar surface area (TPSA) is 151 Å². The Morgan fingerprint density at radius 2 is 1.62 bits per heavy atom. The minimum atomic E-state index is -0.785. The number of benzene rings is 4. The molecule has 42 heavy (non-hydrogen) atoms. The Labute approximate surface area is 242 Å². The van der Waals surface area contributed by atoms with Gasteiger partial charge >= 0.3 is 5.69 Å². The Kier molecular flexibility index (Phi) is 8.02. The molecule has 0 bridgehead atoms. The number of rotatable bonds is 10. The van der Waals surface area contributed by atoms with E-state index in [2.05, 4.69) is 0 Å². The summed E-state index contributed by atoms with van der Waals surface area (Å²) in [5, 5.41) is 24.0. The van der Waals surface area contributed by atoms with E-state index in [0.717, 1.165) is 45.6 Å². The van der Waals surface area contributed by atoms with E-state index in [1.165, 1.54) is 25.3 Å². The van der Waals surface area contributed by atoms with E-state index in [9.17, 15) is 29.8 Å². The van der Waals surface area contributed by atoms with Gasteiger partial charge in [0, 0.05) is 11.5 Å². The summed E-state index contributed by atoms with van der Waals surface area (Å²) in [5.74, 6) is 0.254. The van der Waals surface area contributed by atoms with Gasteiger partial charge in [0.2, 0.25) is 5.75 Å². The van der Waals surface area contributed by atoms with Crippen LogP contribution >= 0.6 is 11.8 Å². The first-order valence-electron chi connectivity index (χ1n) is 12.4. The molecule has 1 heterocycles. The molecule has 0 radical (unpaired) electrons. The van der Waals surface area contributed by atoms with Crippen LogP contribution in [0.4, 0.5) is 16.2 Å². The van der Waals surface area contributed by atoms with Crippen molar-refractivity contribution in [2.75, 3.05) is 20.3 Å². The molecule has 0 spiro atoms. The first-order valence-corrected chi connectivity index (χ1v) is 13.2. The number of amides is 2. The van der Waals surface area contributed by atoms with E-state index in [0.29, 0.717) is 11.3 Å². The van der Waals surface area contributed by atoms with Crippen molar-refractivity contribution in [3.63, 3.8) is 0 Å². The number of imide groups is 1. The summed E-state index contributed by atoms with van der Waals surface area (Å²) in [6.45, 7) is 0.184.